The van der Waals surface area contributed by atoms with Crippen LogP contribution in [0.15, 0.2) is 0 Å². The summed E-state index contributed by atoms with van der Waals surface area (Å²) in [5, 5.41) is 6.89. The summed E-state index contributed by atoms with van der Waals surface area (Å²) < 4.78 is 10.5. The lowest BCUT2D eigenvalue weighted by molar-refractivity contribution is -0.140. The van der Waals surface area contributed by atoms with Gasteiger partial charge in [-0.1, -0.05) is 19.8 Å². The van der Waals surface area contributed by atoms with Crippen molar-refractivity contribution in [1.29, 1.82) is 0 Å². The first-order valence-corrected chi connectivity index (χ1v) is 9.23. The van der Waals surface area contributed by atoms with E-state index in [4.69, 9.17) is 19.4 Å². The second-order valence-corrected chi connectivity index (χ2v) is 6.97. The van der Waals surface area contributed by atoms with Crippen molar-refractivity contribution in [2.24, 2.45) is 5.41 Å². The lowest BCUT2D eigenvalue weighted by Crippen LogP contribution is -2.43. The maximum absolute atomic E-state index is 12.8. The van der Waals surface area contributed by atoms with E-state index < -0.39 is 0 Å². The molecule has 7 nitrogen and oxygen atoms in total. The summed E-state index contributed by atoms with van der Waals surface area (Å²) in [4.78, 5) is 25.7. The molecule has 25 heavy (non-hydrogen) atoms. The Morgan fingerprint density at radius 2 is 1.76 bits per heavy atom. The van der Waals surface area contributed by atoms with Crippen LogP contribution in [0.1, 0.15) is 39.0 Å². The van der Waals surface area contributed by atoms with Crippen LogP contribution < -0.4 is 0 Å². The van der Waals surface area contributed by atoms with Crippen molar-refractivity contribution < 1.29 is 24.2 Å². The van der Waals surface area contributed by atoms with E-state index in [9.17, 15) is 4.79 Å². The van der Waals surface area contributed by atoms with Gasteiger partial charge in [0.1, 0.15) is 0 Å². The number of carboxylic acid groups (broad SMARTS) is 1. The Morgan fingerprint density at radius 1 is 1.08 bits per heavy atom. The van der Waals surface area contributed by atoms with Crippen molar-refractivity contribution in [3.05, 3.63) is 0 Å². The molecule has 0 unspecified atom stereocenters. The number of methoxy groups -OCH3 is 1. The Labute approximate surface area is 151 Å². The zero-order chi connectivity index (χ0) is 18.5. The molecule has 2 aliphatic rings. The van der Waals surface area contributed by atoms with Gasteiger partial charge in [-0.25, -0.2) is 0 Å². The second kappa shape index (κ2) is 12.2. The predicted molar refractivity (Wildman–Crippen MR) is 95.6 cm³/mol. The van der Waals surface area contributed by atoms with Crippen LogP contribution in [0, 0.1) is 5.41 Å². The SMILES string of the molecule is COCCOCCN1CCCN(C(=O)C2(C)CCCC2)CC1.O=CO. The average Bonchev–Trinajstić information content (AvgIpc) is 2.91. The van der Waals surface area contributed by atoms with Crippen molar-refractivity contribution in [3.63, 3.8) is 0 Å². The van der Waals surface area contributed by atoms with Crippen LogP contribution in [0.4, 0.5) is 0 Å². The van der Waals surface area contributed by atoms with Gasteiger partial charge in [0, 0.05) is 38.7 Å². The first-order valence-electron chi connectivity index (χ1n) is 9.23. The van der Waals surface area contributed by atoms with Gasteiger partial charge in [-0.05, 0) is 25.8 Å². The van der Waals surface area contributed by atoms with E-state index in [0.717, 1.165) is 58.6 Å². The van der Waals surface area contributed by atoms with Gasteiger partial charge in [0.15, 0.2) is 0 Å². The van der Waals surface area contributed by atoms with E-state index in [1.807, 2.05) is 0 Å². The molecule has 0 atom stereocenters. The Morgan fingerprint density at radius 3 is 2.40 bits per heavy atom. The minimum atomic E-state index is -0.250. The maximum atomic E-state index is 12.8. The fourth-order valence-electron chi connectivity index (χ4n) is 3.59. The van der Waals surface area contributed by atoms with Crippen LogP contribution in [0.25, 0.3) is 0 Å². The number of hydrogen-bond acceptors (Lipinski definition) is 5. The molecule has 0 aromatic heterocycles. The van der Waals surface area contributed by atoms with Gasteiger partial charge < -0.3 is 19.5 Å². The molecule has 1 aliphatic heterocycles. The Hall–Kier alpha value is -1.18. The van der Waals surface area contributed by atoms with Crippen molar-refractivity contribution in [3.8, 4) is 0 Å². The van der Waals surface area contributed by atoms with Gasteiger partial charge in [-0.3, -0.25) is 14.5 Å². The van der Waals surface area contributed by atoms with Crippen molar-refractivity contribution in [2.45, 2.75) is 39.0 Å². The van der Waals surface area contributed by atoms with Gasteiger partial charge in [0.25, 0.3) is 6.47 Å². The molecule has 1 amide bonds. The topological polar surface area (TPSA) is 79.3 Å². The van der Waals surface area contributed by atoms with E-state index in [-0.39, 0.29) is 11.9 Å². The molecule has 1 heterocycles. The van der Waals surface area contributed by atoms with Crippen molar-refractivity contribution in [2.75, 3.05) is 59.7 Å². The maximum Gasteiger partial charge on any atom is 0.290 e. The van der Waals surface area contributed by atoms with Gasteiger partial charge in [0.05, 0.1) is 19.8 Å². The van der Waals surface area contributed by atoms with E-state index in [2.05, 4.69) is 16.7 Å². The zero-order valence-electron chi connectivity index (χ0n) is 15.7. The summed E-state index contributed by atoms with van der Waals surface area (Å²) in [5.41, 5.74) is -0.0849. The monoisotopic (exact) mass is 358 g/mol. The molecule has 0 bridgehead atoms. The highest BCUT2D eigenvalue weighted by atomic mass is 16.5. The molecule has 1 aliphatic carbocycles. The third kappa shape index (κ3) is 7.71. The van der Waals surface area contributed by atoms with E-state index >= 15 is 0 Å². The minimum Gasteiger partial charge on any atom is -0.483 e. The van der Waals surface area contributed by atoms with Crippen LogP contribution in [0.5, 0.6) is 0 Å². The van der Waals surface area contributed by atoms with E-state index in [0.29, 0.717) is 19.1 Å². The highest BCUT2D eigenvalue weighted by molar-refractivity contribution is 5.82. The smallest absolute Gasteiger partial charge is 0.290 e. The molecule has 146 valence electrons. The molecule has 2 fully saturated rings. The first kappa shape index (κ1) is 21.9. The van der Waals surface area contributed by atoms with Crippen molar-refractivity contribution >= 4 is 12.4 Å². The molecule has 0 aromatic rings. The van der Waals surface area contributed by atoms with Gasteiger partial charge in [-0.15, -0.1) is 0 Å². The van der Waals surface area contributed by atoms with E-state index in [1.165, 1.54) is 12.8 Å². The molecule has 1 saturated heterocycles. The normalized spacial score (nSPS) is 20.5. The summed E-state index contributed by atoms with van der Waals surface area (Å²) in [6, 6.07) is 0. The summed E-state index contributed by atoms with van der Waals surface area (Å²) in [6.07, 6.45) is 5.63. The number of carbonyl (C=O) groups is 2. The Balaban J connectivity index is 0.000000970. The number of nitrogens with zero attached hydrogens (tertiary/aromatic N) is 2. The molecule has 7 heteroatoms. The number of ether oxygens (including phenoxy) is 2. The molecule has 1 N–H and O–H groups in total. The van der Waals surface area contributed by atoms with Crippen LogP contribution in [-0.4, -0.2) is 86.9 Å². The second-order valence-electron chi connectivity index (χ2n) is 6.97. The molecule has 0 radical (unpaired) electrons. The van der Waals surface area contributed by atoms with E-state index in [1.54, 1.807) is 7.11 Å². The summed E-state index contributed by atoms with van der Waals surface area (Å²) >= 11 is 0. The summed E-state index contributed by atoms with van der Waals surface area (Å²) in [6.45, 7) is 8.73. The minimum absolute atomic E-state index is 0.0849. The fraction of sp³-hybridized carbons (Fsp3) is 0.889. The van der Waals surface area contributed by atoms with Crippen LogP contribution in [0.2, 0.25) is 0 Å². The van der Waals surface area contributed by atoms with Crippen molar-refractivity contribution in [1.82, 2.24) is 9.80 Å². The molecule has 2 rings (SSSR count). The average molecular weight is 358 g/mol. The standard InChI is InChI=1S/C17H32N2O3.CH2O2/c1-17(6-3-4-7-17)16(20)19-9-5-8-18(10-11-19)12-13-22-15-14-21-2;2-1-3/h3-15H2,1-2H3;1H,(H,2,3). The highest BCUT2D eigenvalue weighted by Gasteiger charge is 2.39. The molecule has 1 saturated carbocycles. The van der Waals surface area contributed by atoms with Gasteiger partial charge in [-0.2, -0.15) is 0 Å². The predicted octanol–water partition coefficient (Wildman–Crippen LogP) is 1.46. The summed E-state index contributed by atoms with van der Waals surface area (Å²) in [5.74, 6) is 0.392. The quantitative estimate of drug-likeness (QED) is 0.548. The lowest BCUT2D eigenvalue weighted by Gasteiger charge is -2.31. The molecular weight excluding hydrogens is 324 g/mol. The van der Waals surface area contributed by atoms with Crippen LogP contribution in [0.3, 0.4) is 0 Å². The zero-order valence-corrected chi connectivity index (χ0v) is 15.7. The lowest BCUT2D eigenvalue weighted by atomic mass is 9.87. The third-order valence-corrected chi connectivity index (χ3v) is 5.08. The van der Waals surface area contributed by atoms with Gasteiger partial charge in [0.2, 0.25) is 5.91 Å². The molecule has 0 spiro atoms. The highest BCUT2D eigenvalue weighted by Crippen LogP contribution is 2.39. The Kier molecular flexibility index (Phi) is 10.7. The Bertz CT molecular complexity index is 386. The van der Waals surface area contributed by atoms with Gasteiger partial charge >= 0.3 is 0 Å². The third-order valence-electron chi connectivity index (χ3n) is 5.08. The first-order chi connectivity index (χ1) is 12.1. The number of carbonyl (C=O) groups excluding carboxylic acids is 1. The largest absolute Gasteiger partial charge is 0.483 e. The molecular formula is C18H34N2O5. The van der Waals surface area contributed by atoms with Crippen LogP contribution in [-0.2, 0) is 19.1 Å². The molecule has 0 aromatic carbocycles. The van der Waals surface area contributed by atoms with Crippen LogP contribution >= 0.6 is 0 Å². The number of rotatable bonds is 7. The number of amides is 1. The number of hydrogen-bond donors (Lipinski definition) is 1. The fourth-order valence-corrected chi connectivity index (χ4v) is 3.59. The summed E-state index contributed by atoms with van der Waals surface area (Å²) in [7, 11) is 1.69.